The maximum absolute atomic E-state index is 13.4. The molecule has 5 rings (SSSR count). The SMILES string of the molecule is COc1ccc(C(F)(F)F)cc1CC1CN2C(=O)CC2(S(=O)(=O)c2ccc(Cl)cc2)C1=O.O=C1CCNC(=O)CC1. The van der Waals surface area contributed by atoms with Gasteiger partial charge in [0.2, 0.25) is 26.5 Å². The highest BCUT2D eigenvalue weighted by atomic mass is 35.5. The van der Waals surface area contributed by atoms with Crippen LogP contribution in [-0.4, -0.2) is 61.8 Å². The van der Waals surface area contributed by atoms with E-state index in [9.17, 15) is 40.8 Å². The highest BCUT2D eigenvalue weighted by molar-refractivity contribution is 7.93. The molecule has 2 aromatic carbocycles. The van der Waals surface area contributed by atoms with Crippen LogP contribution in [0, 0.1) is 5.92 Å². The highest BCUT2D eigenvalue weighted by Gasteiger charge is 2.70. The fourth-order valence-electron chi connectivity index (χ4n) is 5.12. The van der Waals surface area contributed by atoms with Crippen LogP contribution in [0.25, 0.3) is 0 Å². The molecule has 3 aliphatic heterocycles. The number of hydrogen-bond donors (Lipinski definition) is 1. The Morgan fingerprint density at radius 3 is 2.34 bits per heavy atom. The molecule has 3 heterocycles. The van der Waals surface area contributed by atoms with Gasteiger partial charge in [0, 0.05) is 43.3 Å². The van der Waals surface area contributed by atoms with Crippen molar-refractivity contribution < 1.29 is 45.5 Å². The van der Waals surface area contributed by atoms with Crippen LogP contribution in [-0.2, 0) is 41.6 Å². The van der Waals surface area contributed by atoms with Crippen LogP contribution in [0.3, 0.4) is 0 Å². The number of carbonyl (C=O) groups is 4. The van der Waals surface area contributed by atoms with Crippen molar-refractivity contribution in [1.82, 2.24) is 10.2 Å². The third-order valence-electron chi connectivity index (χ3n) is 7.29. The molecule has 3 aliphatic rings. The summed E-state index contributed by atoms with van der Waals surface area (Å²) >= 11 is 5.82. The van der Waals surface area contributed by atoms with Crippen molar-refractivity contribution >= 4 is 44.8 Å². The second-order valence-corrected chi connectivity index (χ2v) is 12.4. The molecule has 220 valence electrons. The van der Waals surface area contributed by atoms with Crippen LogP contribution in [0.5, 0.6) is 5.75 Å². The molecule has 1 N–H and O–H groups in total. The summed E-state index contributed by atoms with van der Waals surface area (Å²) in [7, 11) is -3.00. The fraction of sp³-hybridized carbons (Fsp3) is 0.407. The van der Waals surface area contributed by atoms with E-state index in [1.807, 2.05) is 0 Å². The molecule has 0 spiro atoms. The van der Waals surface area contributed by atoms with Crippen LogP contribution in [0.2, 0.25) is 5.02 Å². The summed E-state index contributed by atoms with van der Waals surface area (Å²) in [5.74, 6) is -1.89. The van der Waals surface area contributed by atoms with Gasteiger partial charge in [0.25, 0.3) is 0 Å². The minimum absolute atomic E-state index is 0.000787. The average Bonchev–Trinajstić information content (AvgIpc) is 3.00. The van der Waals surface area contributed by atoms with E-state index in [4.69, 9.17) is 16.3 Å². The number of halogens is 4. The van der Waals surface area contributed by atoms with Crippen LogP contribution >= 0.6 is 11.6 Å². The van der Waals surface area contributed by atoms with E-state index >= 15 is 0 Å². The van der Waals surface area contributed by atoms with E-state index in [2.05, 4.69) is 5.32 Å². The van der Waals surface area contributed by atoms with Gasteiger partial charge in [-0.2, -0.15) is 13.2 Å². The molecule has 0 aromatic heterocycles. The zero-order valence-corrected chi connectivity index (χ0v) is 23.4. The van der Waals surface area contributed by atoms with Crippen LogP contribution < -0.4 is 10.1 Å². The number of β-lactam (4-membered cyclic amide) rings is 1. The van der Waals surface area contributed by atoms with E-state index in [1.54, 1.807) is 0 Å². The predicted octanol–water partition coefficient (Wildman–Crippen LogP) is 3.37. The van der Waals surface area contributed by atoms with Crippen molar-refractivity contribution in [3.05, 3.63) is 58.6 Å². The molecule has 3 saturated heterocycles. The number of amides is 2. The molecule has 2 amide bonds. The molecular formula is C27H26ClF3N2O7S. The summed E-state index contributed by atoms with van der Waals surface area (Å²) < 4.78 is 71.3. The van der Waals surface area contributed by atoms with E-state index < -0.39 is 50.5 Å². The predicted molar refractivity (Wildman–Crippen MR) is 140 cm³/mol. The first-order valence-electron chi connectivity index (χ1n) is 12.6. The molecule has 9 nitrogen and oxygen atoms in total. The Labute approximate surface area is 238 Å². The van der Waals surface area contributed by atoms with Gasteiger partial charge in [-0.25, -0.2) is 8.42 Å². The Balaban J connectivity index is 0.000000367. The Hall–Kier alpha value is -3.45. The molecule has 2 aromatic rings. The molecule has 0 bridgehead atoms. The van der Waals surface area contributed by atoms with E-state index in [-0.39, 0.29) is 40.9 Å². The maximum Gasteiger partial charge on any atom is 0.416 e. The number of alkyl halides is 3. The van der Waals surface area contributed by atoms with Gasteiger partial charge < -0.3 is 15.0 Å². The summed E-state index contributed by atoms with van der Waals surface area (Å²) in [6, 6.07) is 8.12. The van der Waals surface area contributed by atoms with Crippen LogP contribution in [0.15, 0.2) is 47.4 Å². The molecule has 0 saturated carbocycles. The number of methoxy groups -OCH3 is 1. The Morgan fingerprint density at radius 1 is 1.05 bits per heavy atom. The lowest BCUT2D eigenvalue weighted by Gasteiger charge is -2.44. The number of benzene rings is 2. The number of Topliss-reactive ketones (excluding diaryl/α,β-unsaturated/α-hetero) is 2. The lowest BCUT2D eigenvalue weighted by Crippen LogP contribution is -2.67. The first-order valence-corrected chi connectivity index (χ1v) is 14.4. The zero-order valence-electron chi connectivity index (χ0n) is 21.8. The fourth-order valence-corrected chi connectivity index (χ4v) is 7.35. The first kappa shape index (κ1) is 30.5. The number of ether oxygens (including phenoxy) is 1. The average molecular weight is 615 g/mol. The Kier molecular flexibility index (Phi) is 8.51. The lowest BCUT2D eigenvalue weighted by molar-refractivity contribution is -0.150. The second kappa shape index (κ2) is 11.4. The van der Waals surface area contributed by atoms with Crippen molar-refractivity contribution in [3.8, 4) is 5.75 Å². The number of nitrogens with one attached hydrogen (secondary N) is 1. The van der Waals surface area contributed by atoms with Crippen molar-refractivity contribution in [1.29, 1.82) is 0 Å². The van der Waals surface area contributed by atoms with Crippen LogP contribution in [0.4, 0.5) is 13.2 Å². The van der Waals surface area contributed by atoms with Gasteiger partial charge in [-0.3, -0.25) is 19.2 Å². The first-order chi connectivity index (χ1) is 19.2. The largest absolute Gasteiger partial charge is 0.496 e. The number of ketones is 2. The zero-order chi connectivity index (χ0) is 30.2. The van der Waals surface area contributed by atoms with E-state index in [0.29, 0.717) is 30.8 Å². The van der Waals surface area contributed by atoms with Crippen LogP contribution in [0.1, 0.15) is 36.8 Å². The second-order valence-electron chi connectivity index (χ2n) is 9.85. The highest BCUT2D eigenvalue weighted by Crippen LogP contribution is 2.49. The molecule has 2 atom stereocenters. The molecule has 0 aliphatic carbocycles. The standard InChI is InChI=1S/C21H17ClF3NO5S.C6H9NO2/c1-31-17-7-2-14(21(23,24)25)9-12(17)8-13-11-26-18(27)10-20(26,19(13)28)32(29,30)16-5-3-15(22)4-6-16;8-5-1-2-6(9)7-4-3-5/h2-7,9,13H,8,10-11H2,1H3;1-4H2,(H,7,9). The molecule has 2 unspecified atom stereocenters. The van der Waals surface area contributed by atoms with Gasteiger partial charge in [-0.15, -0.1) is 0 Å². The summed E-state index contributed by atoms with van der Waals surface area (Å²) in [6.07, 6.45) is -4.00. The quantitative estimate of drug-likeness (QED) is 0.512. The van der Waals surface area contributed by atoms with Gasteiger partial charge in [0.1, 0.15) is 11.5 Å². The lowest BCUT2D eigenvalue weighted by atomic mass is 9.92. The maximum atomic E-state index is 13.4. The summed E-state index contributed by atoms with van der Waals surface area (Å²) in [4.78, 5) is 45.5. The number of carbonyl (C=O) groups excluding carboxylic acids is 4. The third-order valence-corrected chi connectivity index (χ3v) is 9.89. The van der Waals surface area contributed by atoms with Crippen molar-refractivity contribution in [3.63, 3.8) is 0 Å². The summed E-state index contributed by atoms with van der Waals surface area (Å²) in [6.45, 7) is 0.321. The van der Waals surface area contributed by atoms with Crippen molar-refractivity contribution in [2.75, 3.05) is 20.2 Å². The van der Waals surface area contributed by atoms with Gasteiger partial charge in [0.15, 0.2) is 5.78 Å². The van der Waals surface area contributed by atoms with E-state index in [0.717, 1.165) is 23.1 Å². The van der Waals surface area contributed by atoms with Gasteiger partial charge in [-0.1, -0.05) is 11.6 Å². The minimum atomic E-state index is -4.60. The number of nitrogens with zero attached hydrogens (tertiary/aromatic N) is 1. The van der Waals surface area contributed by atoms with Crippen molar-refractivity contribution in [2.45, 2.75) is 48.0 Å². The smallest absolute Gasteiger partial charge is 0.416 e. The number of fused-ring (bicyclic) bond motifs is 1. The topological polar surface area (TPSA) is 127 Å². The van der Waals surface area contributed by atoms with Gasteiger partial charge in [-0.05, 0) is 54.4 Å². The minimum Gasteiger partial charge on any atom is -0.496 e. The van der Waals surface area contributed by atoms with Crippen molar-refractivity contribution in [2.24, 2.45) is 5.92 Å². The monoisotopic (exact) mass is 614 g/mol. The summed E-state index contributed by atoms with van der Waals surface area (Å²) in [5.41, 5.74) is -0.809. The molecule has 3 fully saturated rings. The Bertz CT molecular complexity index is 1480. The van der Waals surface area contributed by atoms with Gasteiger partial charge in [0.05, 0.1) is 24.0 Å². The normalized spacial score (nSPS) is 22.7. The summed E-state index contributed by atoms with van der Waals surface area (Å²) in [5, 5.41) is 2.92. The van der Waals surface area contributed by atoms with Gasteiger partial charge >= 0.3 is 6.18 Å². The molecule has 0 radical (unpaired) electrons. The Morgan fingerprint density at radius 2 is 1.73 bits per heavy atom. The number of rotatable bonds is 5. The third kappa shape index (κ3) is 5.82. The molecular weight excluding hydrogens is 589 g/mol. The number of sulfone groups is 1. The number of hydrogen-bond acceptors (Lipinski definition) is 7. The van der Waals surface area contributed by atoms with E-state index in [1.165, 1.54) is 31.4 Å². The molecule has 41 heavy (non-hydrogen) atoms. The molecule has 14 heteroatoms.